The maximum absolute atomic E-state index is 10.9. The van der Waals surface area contributed by atoms with Crippen LogP contribution in [0.1, 0.15) is 11.7 Å². The molecule has 0 radical (unpaired) electrons. The van der Waals surface area contributed by atoms with Crippen LogP contribution in [0.2, 0.25) is 5.02 Å². The van der Waals surface area contributed by atoms with E-state index in [1.165, 1.54) is 29.3 Å². The predicted octanol–water partition coefficient (Wildman–Crippen LogP) is 1.33. The summed E-state index contributed by atoms with van der Waals surface area (Å²) in [6.45, 7) is -0.436. The molecule has 0 saturated carbocycles. The third-order valence-corrected chi connectivity index (χ3v) is 6.92. The molecule has 4 heterocycles. The number of methoxy groups -OCH3 is 1. The first-order chi connectivity index (χ1) is 15.4. The lowest BCUT2D eigenvalue weighted by molar-refractivity contribution is -0.186. The molecule has 0 spiro atoms. The number of nitrogen functional groups attached to an aromatic ring is 1. The van der Waals surface area contributed by atoms with Gasteiger partial charge in [-0.25, -0.2) is 14.6 Å². The van der Waals surface area contributed by atoms with Gasteiger partial charge in [0.1, 0.15) is 47.2 Å². The number of thiazole rings is 1. The number of anilines is 1. The Morgan fingerprint density at radius 1 is 1.47 bits per heavy atom. The first-order valence-corrected chi connectivity index (χ1v) is 11.4. The van der Waals surface area contributed by atoms with E-state index in [1.807, 2.05) is 6.07 Å². The summed E-state index contributed by atoms with van der Waals surface area (Å²) in [6.07, 6.45) is 0.204. The quantitative estimate of drug-likeness (QED) is 0.451. The molecule has 0 aliphatic carbocycles. The molecule has 0 amide bonds. The molecule has 1 aliphatic heterocycles. The summed E-state index contributed by atoms with van der Waals surface area (Å²) in [5.74, 6) is 0. The van der Waals surface area contributed by atoms with Gasteiger partial charge in [-0.05, 0) is 6.07 Å². The van der Waals surface area contributed by atoms with Crippen molar-refractivity contribution in [3.63, 3.8) is 0 Å². The Bertz CT molecular complexity index is 1140. The third kappa shape index (κ3) is 4.44. The number of aliphatic hydroxyl groups is 2. The van der Waals surface area contributed by atoms with Crippen LogP contribution in [0, 0.1) is 11.3 Å². The largest absolute Gasteiger partial charge is 0.394 e. The summed E-state index contributed by atoms with van der Waals surface area (Å²) in [7, 11) is 1.47. The van der Waals surface area contributed by atoms with Gasteiger partial charge in [0.15, 0.2) is 10.8 Å². The van der Waals surface area contributed by atoms with Crippen molar-refractivity contribution in [2.24, 2.45) is 0 Å². The summed E-state index contributed by atoms with van der Waals surface area (Å²) in [4.78, 5) is 8.71. The molecule has 3 aromatic rings. The maximum Gasteiger partial charge on any atom is 0.180 e. The number of nitriles is 1. The molecule has 3 unspecified atom stereocenters. The van der Waals surface area contributed by atoms with Crippen LogP contribution in [0.3, 0.4) is 0 Å². The molecule has 11 nitrogen and oxygen atoms in total. The zero-order valence-corrected chi connectivity index (χ0v) is 19.0. The number of hydrogen-bond acceptors (Lipinski definition) is 12. The molecule has 168 valence electrons. The van der Waals surface area contributed by atoms with E-state index in [9.17, 15) is 15.5 Å². The number of hydrogen-bond donors (Lipinski definition) is 3. The van der Waals surface area contributed by atoms with Gasteiger partial charge in [0.25, 0.3) is 0 Å². The monoisotopic (exact) mass is 495 g/mol. The molecule has 0 bridgehead atoms. The van der Waals surface area contributed by atoms with E-state index in [1.54, 1.807) is 17.6 Å². The van der Waals surface area contributed by atoms with Crippen molar-refractivity contribution in [1.82, 2.24) is 25.0 Å². The summed E-state index contributed by atoms with van der Waals surface area (Å²) < 4.78 is 13.1. The van der Waals surface area contributed by atoms with Crippen LogP contribution in [-0.4, -0.2) is 72.6 Å². The molecule has 4 N–H and O–H groups in total. The minimum Gasteiger partial charge on any atom is -0.394 e. The van der Waals surface area contributed by atoms with Gasteiger partial charge in [-0.15, -0.1) is 16.4 Å². The molecule has 14 heteroatoms. The van der Waals surface area contributed by atoms with Crippen molar-refractivity contribution >= 4 is 39.8 Å². The van der Waals surface area contributed by atoms with Gasteiger partial charge < -0.3 is 25.4 Å². The van der Waals surface area contributed by atoms with Gasteiger partial charge in [-0.1, -0.05) is 28.6 Å². The number of nitrogens with two attached hydrogens (primary N) is 1. The third-order valence-electron chi connectivity index (χ3n) is 4.87. The SMILES string of the molecule is COC1C(n2cc(-c3csc(N)n3)nn2)[C@@H](O)C(CO)O[C@@H]1Sc1cc(Cl)cnc1C#N. The van der Waals surface area contributed by atoms with Gasteiger partial charge in [0.05, 0.1) is 17.8 Å². The standard InChI is InChI=1S/C18H18ClN7O4S2/c1-29-16-14(26-5-10(24-25-26)11-7-31-18(21)23-11)15(28)12(6-27)30-17(16)32-13-2-8(19)4-22-9(13)3-20/h2,4-5,7,12,14-17,27-28H,6H2,1H3,(H2,21,23)/t12?,14?,15-,16?,17+/m0/s1. The first-order valence-electron chi connectivity index (χ1n) is 9.27. The molecule has 0 aromatic carbocycles. The fourth-order valence-electron chi connectivity index (χ4n) is 3.37. The molecular weight excluding hydrogens is 478 g/mol. The van der Waals surface area contributed by atoms with Gasteiger partial charge in [-0.3, -0.25) is 0 Å². The second-order valence-electron chi connectivity index (χ2n) is 6.79. The number of thioether (sulfide) groups is 1. The number of ether oxygens (including phenoxy) is 2. The molecule has 5 atom stereocenters. The van der Waals surface area contributed by atoms with Crippen molar-refractivity contribution in [3.05, 3.63) is 34.6 Å². The number of nitrogens with zero attached hydrogens (tertiary/aromatic N) is 6. The highest BCUT2D eigenvalue weighted by molar-refractivity contribution is 7.99. The minimum absolute atomic E-state index is 0.172. The van der Waals surface area contributed by atoms with Crippen LogP contribution in [0.5, 0.6) is 0 Å². The van der Waals surface area contributed by atoms with E-state index < -0.39 is 36.4 Å². The van der Waals surface area contributed by atoms with E-state index in [4.69, 9.17) is 26.8 Å². The number of aliphatic hydroxyl groups excluding tert-OH is 2. The van der Waals surface area contributed by atoms with Crippen molar-refractivity contribution in [1.29, 1.82) is 5.26 Å². The zero-order valence-electron chi connectivity index (χ0n) is 16.6. The van der Waals surface area contributed by atoms with Crippen molar-refractivity contribution in [2.45, 2.75) is 34.7 Å². The van der Waals surface area contributed by atoms with Crippen molar-refractivity contribution in [3.8, 4) is 17.5 Å². The van der Waals surface area contributed by atoms with Crippen LogP contribution < -0.4 is 5.73 Å². The lowest BCUT2D eigenvalue weighted by atomic mass is 9.97. The highest BCUT2D eigenvalue weighted by atomic mass is 35.5. The maximum atomic E-state index is 10.9. The Kier molecular flexibility index (Phi) is 6.91. The smallest absolute Gasteiger partial charge is 0.180 e. The molecular formula is C18H18ClN7O4S2. The Balaban J connectivity index is 1.68. The van der Waals surface area contributed by atoms with E-state index in [0.717, 1.165) is 11.8 Å². The summed E-state index contributed by atoms with van der Waals surface area (Å²) in [5.41, 5.74) is 6.18. The Labute approximate surface area is 195 Å². The summed E-state index contributed by atoms with van der Waals surface area (Å²) in [6, 6.07) is 2.86. The average molecular weight is 496 g/mol. The second-order valence-corrected chi connectivity index (χ2v) is 9.26. The second kappa shape index (κ2) is 9.67. The van der Waals surface area contributed by atoms with Gasteiger partial charge >= 0.3 is 0 Å². The minimum atomic E-state index is -1.15. The number of halogens is 1. The molecule has 3 aromatic heterocycles. The van der Waals surface area contributed by atoms with Crippen molar-refractivity contribution < 1.29 is 19.7 Å². The number of pyridine rings is 1. The topological polar surface area (TPSA) is 165 Å². The Hall–Kier alpha value is -2.31. The van der Waals surface area contributed by atoms with E-state index in [2.05, 4.69) is 20.3 Å². The van der Waals surface area contributed by atoms with Crippen LogP contribution >= 0.6 is 34.7 Å². The summed E-state index contributed by atoms with van der Waals surface area (Å²) in [5, 5.41) is 40.9. The molecule has 1 saturated heterocycles. The Morgan fingerprint density at radius 2 is 2.28 bits per heavy atom. The van der Waals surface area contributed by atoms with Crippen LogP contribution in [-0.2, 0) is 9.47 Å². The fourth-order valence-corrected chi connectivity index (χ4v) is 5.41. The highest BCUT2D eigenvalue weighted by Crippen LogP contribution is 2.40. The first kappa shape index (κ1) is 22.9. The molecule has 1 fully saturated rings. The number of aromatic nitrogens is 5. The van der Waals surface area contributed by atoms with Gasteiger partial charge in [0.2, 0.25) is 0 Å². The Morgan fingerprint density at radius 3 is 2.94 bits per heavy atom. The normalized spacial score (nSPS) is 25.5. The van der Waals surface area contributed by atoms with Gasteiger partial charge in [-0.2, -0.15) is 5.26 Å². The van der Waals surface area contributed by atoms with Crippen LogP contribution in [0.4, 0.5) is 5.13 Å². The molecule has 1 aliphatic rings. The van der Waals surface area contributed by atoms with Crippen LogP contribution in [0.25, 0.3) is 11.4 Å². The molecule has 4 rings (SSSR count). The van der Waals surface area contributed by atoms with Crippen LogP contribution in [0.15, 0.2) is 28.7 Å². The summed E-state index contributed by atoms with van der Waals surface area (Å²) >= 11 is 8.49. The predicted molar refractivity (Wildman–Crippen MR) is 117 cm³/mol. The number of rotatable bonds is 6. The van der Waals surface area contributed by atoms with E-state index in [0.29, 0.717) is 26.4 Å². The van der Waals surface area contributed by atoms with Crippen molar-refractivity contribution in [2.75, 3.05) is 19.5 Å². The fraction of sp³-hybridized carbons (Fsp3) is 0.389. The average Bonchev–Trinajstić information content (AvgIpc) is 3.43. The molecule has 32 heavy (non-hydrogen) atoms. The van der Waals surface area contributed by atoms with E-state index >= 15 is 0 Å². The van der Waals surface area contributed by atoms with Gasteiger partial charge in [0, 0.05) is 23.6 Å². The zero-order chi connectivity index (χ0) is 22.8. The highest BCUT2D eigenvalue weighted by Gasteiger charge is 2.47. The lowest BCUT2D eigenvalue weighted by Crippen LogP contribution is -2.55. The lowest BCUT2D eigenvalue weighted by Gasteiger charge is -2.43. The van der Waals surface area contributed by atoms with E-state index in [-0.39, 0.29) is 5.69 Å².